The second kappa shape index (κ2) is 40.9. The van der Waals surface area contributed by atoms with E-state index in [2.05, 4.69) is 32.7 Å². The van der Waals surface area contributed by atoms with Crippen molar-refractivity contribution in [1.82, 2.24) is 5.32 Å². The fourth-order valence-electron chi connectivity index (χ4n) is 6.52. The minimum absolute atomic E-state index is 0.0189. The topological polar surface area (TPSA) is 109 Å². The van der Waals surface area contributed by atoms with Crippen LogP contribution in [0.3, 0.4) is 0 Å². The van der Waals surface area contributed by atoms with Crippen LogP contribution in [0.1, 0.15) is 220 Å². The third-order valence-electron chi connectivity index (χ3n) is 9.93. The number of rotatable bonds is 44. The first-order valence-corrected chi connectivity index (χ1v) is 24.5. The number of esters is 1. The molecular formula is C45H88NO8P. The first kappa shape index (κ1) is 53.8. The van der Waals surface area contributed by atoms with Gasteiger partial charge in [0.15, 0.2) is 0 Å². The summed E-state index contributed by atoms with van der Waals surface area (Å²) in [5.74, 6) is -0.204. The molecule has 0 aliphatic rings. The van der Waals surface area contributed by atoms with E-state index in [1.807, 2.05) is 6.92 Å². The van der Waals surface area contributed by atoms with Crippen LogP contribution in [0.25, 0.3) is 0 Å². The van der Waals surface area contributed by atoms with Gasteiger partial charge in [0, 0.05) is 19.3 Å². The summed E-state index contributed by atoms with van der Waals surface area (Å²) in [6, 6.07) is -0.548. The molecule has 0 spiro atoms. The molecule has 0 radical (unpaired) electrons. The third kappa shape index (κ3) is 36.8. The second-order valence-corrected chi connectivity index (χ2v) is 17.1. The van der Waals surface area contributed by atoms with Crippen molar-refractivity contribution in [1.29, 1.82) is 0 Å². The Hall–Kier alpha value is -1.25. The Bertz CT molecular complexity index is 919. The largest absolute Gasteiger partial charge is 0.475 e. The number of hydrogen-bond acceptors (Lipinski definition) is 8. The predicted molar refractivity (Wildman–Crippen MR) is 229 cm³/mol. The number of carbonyl (C=O) groups is 2. The standard InChI is InChI=1S/C45H88NO8P/c1-6-11-14-17-19-21-22-24-25-28-31-34-44(47)46-42(41-53-55(49,51-37-9-4)52-38-10-5)40-50-39-36-43(33-30-27-16-13-8-3)54-45(48)35-32-29-26-23-20-18-15-12-7-2/h9,42-43H,4,6-8,10-41H2,1-3,5H3,(H,46,47). The fourth-order valence-corrected chi connectivity index (χ4v) is 7.80. The van der Waals surface area contributed by atoms with Crippen LogP contribution in [0.4, 0.5) is 0 Å². The first-order chi connectivity index (χ1) is 26.8. The van der Waals surface area contributed by atoms with Gasteiger partial charge in [0.25, 0.3) is 0 Å². The number of unbranched alkanes of at least 4 members (excludes halogenated alkanes) is 22. The van der Waals surface area contributed by atoms with Crippen molar-refractivity contribution in [2.45, 2.75) is 232 Å². The number of phosphoric ester groups is 1. The molecule has 55 heavy (non-hydrogen) atoms. The predicted octanol–water partition coefficient (Wildman–Crippen LogP) is 13.5. The van der Waals surface area contributed by atoms with Crippen LogP contribution in [-0.4, -0.2) is 57.1 Å². The molecular weight excluding hydrogens is 713 g/mol. The smallest absolute Gasteiger partial charge is 0.462 e. The SMILES string of the molecule is C=CCOP(=O)(OCCC)OCC(COCCC(CCCCCCC)OC(=O)CCCCCCCCCCC)NC(=O)CCCCCCCCCCCCC. The summed E-state index contributed by atoms with van der Waals surface area (Å²) in [4.78, 5) is 25.8. The molecule has 1 amide bonds. The van der Waals surface area contributed by atoms with Gasteiger partial charge < -0.3 is 14.8 Å². The van der Waals surface area contributed by atoms with Gasteiger partial charge in [0.1, 0.15) is 6.10 Å². The van der Waals surface area contributed by atoms with Crippen LogP contribution in [0.2, 0.25) is 0 Å². The molecule has 0 saturated carbocycles. The Morgan fingerprint density at radius 2 is 1.05 bits per heavy atom. The van der Waals surface area contributed by atoms with Gasteiger partial charge in [0.05, 0.1) is 39.1 Å². The van der Waals surface area contributed by atoms with Gasteiger partial charge in [0.2, 0.25) is 5.91 Å². The van der Waals surface area contributed by atoms with E-state index < -0.39 is 13.9 Å². The maximum atomic E-state index is 13.3. The maximum absolute atomic E-state index is 13.3. The van der Waals surface area contributed by atoms with E-state index in [0.29, 0.717) is 32.3 Å². The molecule has 1 N–H and O–H groups in total. The lowest BCUT2D eigenvalue weighted by molar-refractivity contribution is -0.150. The molecule has 0 fully saturated rings. The summed E-state index contributed by atoms with van der Waals surface area (Å²) in [5, 5.41) is 3.03. The highest BCUT2D eigenvalue weighted by Crippen LogP contribution is 2.49. The molecule has 0 heterocycles. The van der Waals surface area contributed by atoms with Crippen LogP contribution >= 0.6 is 7.82 Å². The van der Waals surface area contributed by atoms with E-state index >= 15 is 0 Å². The van der Waals surface area contributed by atoms with Crippen LogP contribution in [0.5, 0.6) is 0 Å². The van der Waals surface area contributed by atoms with Crippen molar-refractivity contribution >= 4 is 19.7 Å². The molecule has 0 aliphatic carbocycles. The second-order valence-electron chi connectivity index (χ2n) is 15.5. The number of phosphoric acid groups is 1. The number of carbonyl (C=O) groups excluding carboxylic acids is 2. The zero-order valence-electron chi connectivity index (χ0n) is 36.4. The minimum Gasteiger partial charge on any atom is -0.462 e. The Morgan fingerprint density at radius 3 is 1.56 bits per heavy atom. The van der Waals surface area contributed by atoms with Gasteiger partial charge in [-0.05, 0) is 32.1 Å². The lowest BCUT2D eigenvalue weighted by Crippen LogP contribution is -2.41. The highest BCUT2D eigenvalue weighted by Gasteiger charge is 2.28. The number of ether oxygens (including phenoxy) is 2. The monoisotopic (exact) mass is 802 g/mol. The van der Waals surface area contributed by atoms with Crippen molar-refractivity contribution in [3.8, 4) is 0 Å². The normalized spacial score (nSPS) is 13.7. The first-order valence-electron chi connectivity index (χ1n) is 23.0. The van der Waals surface area contributed by atoms with E-state index in [1.54, 1.807) is 0 Å². The Morgan fingerprint density at radius 1 is 0.564 bits per heavy atom. The van der Waals surface area contributed by atoms with Gasteiger partial charge in [-0.2, -0.15) is 0 Å². The lowest BCUT2D eigenvalue weighted by atomic mass is 10.1. The Kier molecular flexibility index (Phi) is 40.0. The van der Waals surface area contributed by atoms with Crippen LogP contribution in [-0.2, 0) is 37.2 Å². The van der Waals surface area contributed by atoms with E-state index in [-0.39, 0.29) is 44.4 Å². The molecule has 0 aliphatic heterocycles. The quantitative estimate of drug-likeness (QED) is 0.0281. The fraction of sp³-hybridized carbons (Fsp3) is 0.911. The van der Waals surface area contributed by atoms with E-state index in [4.69, 9.17) is 23.0 Å². The van der Waals surface area contributed by atoms with Gasteiger partial charge >= 0.3 is 13.8 Å². The molecule has 0 bridgehead atoms. The van der Waals surface area contributed by atoms with E-state index in [1.165, 1.54) is 122 Å². The molecule has 10 heteroatoms. The average molecular weight is 802 g/mol. The van der Waals surface area contributed by atoms with Crippen molar-refractivity contribution in [3.63, 3.8) is 0 Å². The van der Waals surface area contributed by atoms with Crippen LogP contribution < -0.4 is 5.32 Å². The zero-order valence-corrected chi connectivity index (χ0v) is 37.3. The zero-order chi connectivity index (χ0) is 40.5. The Balaban J connectivity index is 5.01. The number of nitrogens with one attached hydrogen (secondary N) is 1. The van der Waals surface area contributed by atoms with Crippen LogP contribution in [0.15, 0.2) is 12.7 Å². The average Bonchev–Trinajstić information content (AvgIpc) is 3.18. The third-order valence-corrected chi connectivity index (χ3v) is 11.4. The van der Waals surface area contributed by atoms with Gasteiger partial charge in [-0.3, -0.25) is 23.2 Å². The van der Waals surface area contributed by atoms with Gasteiger partial charge in [-0.15, -0.1) is 6.58 Å². The molecule has 0 aromatic heterocycles. The molecule has 9 nitrogen and oxygen atoms in total. The highest BCUT2D eigenvalue weighted by atomic mass is 31.2. The molecule has 326 valence electrons. The molecule has 0 aromatic rings. The summed E-state index contributed by atoms with van der Waals surface area (Å²) in [5.41, 5.74) is 0. The number of amides is 1. The minimum atomic E-state index is -3.85. The summed E-state index contributed by atoms with van der Waals surface area (Å²) in [6.45, 7) is 12.9. The molecule has 3 atom stereocenters. The summed E-state index contributed by atoms with van der Waals surface area (Å²) in [6.07, 6.45) is 34.2. The lowest BCUT2D eigenvalue weighted by Gasteiger charge is -2.23. The Labute approximate surface area is 339 Å². The van der Waals surface area contributed by atoms with Crippen molar-refractivity contribution < 1.29 is 37.2 Å². The maximum Gasteiger partial charge on any atom is 0.475 e. The summed E-state index contributed by atoms with van der Waals surface area (Å²) >= 11 is 0. The van der Waals surface area contributed by atoms with E-state index in [9.17, 15) is 14.2 Å². The summed E-state index contributed by atoms with van der Waals surface area (Å²) < 4.78 is 41.9. The van der Waals surface area contributed by atoms with Crippen molar-refractivity contribution in [2.24, 2.45) is 0 Å². The molecule has 0 aromatic carbocycles. The summed E-state index contributed by atoms with van der Waals surface area (Å²) in [7, 11) is -3.85. The number of hydrogen-bond donors (Lipinski definition) is 1. The molecule has 0 saturated heterocycles. The van der Waals surface area contributed by atoms with E-state index in [0.717, 1.165) is 51.4 Å². The van der Waals surface area contributed by atoms with Gasteiger partial charge in [-0.1, -0.05) is 175 Å². The van der Waals surface area contributed by atoms with Crippen LogP contribution in [0, 0.1) is 0 Å². The van der Waals surface area contributed by atoms with Gasteiger partial charge in [-0.25, -0.2) is 4.57 Å². The molecule has 3 unspecified atom stereocenters. The van der Waals surface area contributed by atoms with Crippen molar-refractivity contribution in [2.75, 3.05) is 33.0 Å². The van der Waals surface area contributed by atoms with Crippen molar-refractivity contribution in [3.05, 3.63) is 12.7 Å². The highest BCUT2D eigenvalue weighted by molar-refractivity contribution is 7.48. The molecule has 0 rings (SSSR count).